The van der Waals surface area contributed by atoms with E-state index >= 15 is 0 Å². The standard InChI is InChI=1S/C27H37BrN2O3S/c1-20(21-15-17-23(28)18-16-21)30(25(31)33-26(2,3)4)19-11-14-24(22-12-9-8-10-13-22)29-34(32)27(5,6)7/h8-10,12-13,15-18,20H,11,14,19H2,1-7H3/t20-,34+/m0/s1. The highest BCUT2D eigenvalue weighted by Gasteiger charge is 2.27. The highest BCUT2D eigenvalue weighted by molar-refractivity contribution is 9.10. The van der Waals surface area contributed by atoms with Crippen LogP contribution in [0.15, 0.2) is 63.5 Å². The predicted octanol–water partition coefficient (Wildman–Crippen LogP) is 7.48. The maximum absolute atomic E-state index is 13.1. The van der Waals surface area contributed by atoms with Crippen molar-refractivity contribution < 1.29 is 13.7 Å². The number of benzene rings is 2. The van der Waals surface area contributed by atoms with Crippen LogP contribution in [-0.4, -0.2) is 37.8 Å². The number of carbonyl (C=O) groups excluding carboxylic acids is 1. The molecule has 0 aliphatic heterocycles. The molecule has 0 saturated heterocycles. The van der Waals surface area contributed by atoms with Crippen LogP contribution < -0.4 is 0 Å². The molecule has 7 heteroatoms. The van der Waals surface area contributed by atoms with Gasteiger partial charge in [-0.05, 0) is 84.6 Å². The lowest BCUT2D eigenvalue weighted by molar-refractivity contribution is 0.0172. The van der Waals surface area contributed by atoms with E-state index in [1.54, 1.807) is 4.90 Å². The van der Waals surface area contributed by atoms with Gasteiger partial charge in [-0.15, -0.1) is 0 Å². The summed E-state index contributed by atoms with van der Waals surface area (Å²) in [5, 5.41) is 0. The first-order chi connectivity index (χ1) is 15.8. The van der Waals surface area contributed by atoms with Gasteiger partial charge in [-0.3, -0.25) is 0 Å². The third-order valence-corrected chi connectivity index (χ3v) is 7.05. The van der Waals surface area contributed by atoms with Crippen LogP contribution >= 0.6 is 15.9 Å². The number of hydrogen-bond acceptors (Lipinski definition) is 3. The van der Waals surface area contributed by atoms with Crippen molar-refractivity contribution in [2.75, 3.05) is 6.54 Å². The summed E-state index contributed by atoms with van der Waals surface area (Å²) in [4.78, 5) is 14.9. The Labute approximate surface area is 215 Å². The monoisotopic (exact) mass is 548 g/mol. The second kappa shape index (κ2) is 12.1. The first-order valence-corrected chi connectivity index (χ1v) is 13.5. The van der Waals surface area contributed by atoms with Gasteiger partial charge in [-0.2, -0.15) is 4.40 Å². The first kappa shape index (κ1) is 28.2. The Bertz CT molecular complexity index is 993. The summed E-state index contributed by atoms with van der Waals surface area (Å²) in [6.45, 7) is 13.9. The molecule has 0 radical (unpaired) electrons. The van der Waals surface area contributed by atoms with Gasteiger partial charge in [0.15, 0.2) is 0 Å². The van der Waals surface area contributed by atoms with Gasteiger partial charge in [0.25, 0.3) is 0 Å². The largest absolute Gasteiger partial charge is 0.444 e. The molecule has 0 N–H and O–H groups in total. The van der Waals surface area contributed by atoms with Crippen LogP contribution in [0.2, 0.25) is 0 Å². The molecule has 5 nitrogen and oxygen atoms in total. The zero-order valence-corrected chi connectivity index (χ0v) is 23.7. The van der Waals surface area contributed by atoms with Crippen LogP contribution in [0.1, 0.15) is 78.5 Å². The Balaban J connectivity index is 2.25. The maximum atomic E-state index is 13.1. The molecule has 0 aromatic heterocycles. The van der Waals surface area contributed by atoms with Crippen molar-refractivity contribution in [3.8, 4) is 0 Å². The molecule has 0 aliphatic rings. The minimum Gasteiger partial charge on any atom is -0.444 e. The number of amides is 1. The molecule has 186 valence electrons. The Kier molecular flexibility index (Phi) is 10.1. The van der Waals surface area contributed by atoms with E-state index in [2.05, 4.69) is 20.3 Å². The summed E-state index contributed by atoms with van der Waals surface area (Å²) in [5.74, 6) is 0. The van der Waals surface area contributed by atoms with E-state index < -0.39 is 21.3 Å². The molecule has 2 aromatic carbocycles. The SMILES string of the molecule is C[C@@H](c1ccc(Br)cc1)N(CCCC(=N[S@](=O)C(C)(C)C)c1ccccc1)C(=O)OC(C)(C)C. The zero-order chi connectivity index (χ0) is 25.5. The maximum Gasteiger partial charge on any atom is 0.410 e. The van der Waals surface area contributed by atoms with E-state index in [0.29, 0.717) is 19.4 Å². The number of halogens is 1. The topological polar surface area (TPSA) is 59.0 Å². The zero-order valence-electron chi connectivity index (χ0n) is 21.3. The van der Waals surface area contributed by atoms with Crippen LogP contribution in [0.5, 0.6) is 0 Å². The number of rotatable bonds is 8. The van der Waals surface area contributed by atoms with Crippen molar-refractivity contribution in [2.45, 2.75) is 77.7 Å². The van der Waals surface area contributed by atoms with Gasteiger partial charge in [0.2, 0.25) is 0 Å². The quantitative estimate of drug-likeness (QED) is 0.321. The van der Waals surface area contributed by atoms with E-state index in [-0.39, 0.29) is 12.1 Å². The van der Waals surface area contributed by atoms with Gasteiger partial charge in [-0.25, -0.2) is 9.00 Å². The summed E-state index contributed by atoms with van der Waals surface area (Å²) >= 11 is 3.47. The molecule has 2 aromatic rings. The minimum atomic E-state index is -1.37. The van der Waals surface area contributed by atoms with Gasteiger partial charge in [0.1, 0.15) is 16.6 Å². The molecule has 0 bridgehead atoms. The normalized spacial score (nSPS) is 14.4. The fourth-order valence-corrected chi connectivity index (χ4v) is 4.15. The predicted molar refractivity (Wildman–Crippen MR) is 146 cm³/mol. The summed E-state index contributed by atoms with van der Waals surface area (Å²) in [5.41, 5.74) is 2.17. The van der Waals surface area contributed by atoms with E-state index in [1.807, 2.05) is 103 Å². The lowest BCUT2D eigenvalue weighted by Crippen LogP contribution is -2.39. The Morgan fingerprint density at radius 3 is 2.15 bits per heavy atom. The summed E-state index contributed by atoms with van der Waals surface area (Å²) < 4.78 is 23.6. The first-order valence-electron chi connectivity index (χ1n) is 11.6. The molecule has 0 spiro atoms. The van der Waals surface area contributed by atoms with Gasteiger partial charge in [0, 0.05) is 11.0 Å². The molecular weight excluding hydrogens is 512 g/mol. The van der Waals surface area contributed by atoms with E-state index in [1.165, 1.54) is 0 Å². The van der Waals surface area contributed by atoms with E-state index in [9.17, 15) is 9.00 Å². The summed E-state index contributed by atoms with van der Waals surface area (Å²) in [6.07, 6.45) is 0.910. The average Bonchev–Trinajstić information content (AvgIpc) is 2.74. The fourth-order valence-electron chi connectivity index (χ4n) is 3.21. The van der Waals surface area contributed by atoms with Gasteiger partial charge in [0.05, 0.1) is 16.5 Å². The lowest BCUT2D eigenvalue weighted by atomic mass is 10.0. The molecule has 2 atom stereocenters. The van der Waals surface area contributed by atoms with Crippen molar-refractivity contribution in [3.05, 3.63) is 70.2 Å². The smallest absolute Gasteiger partial charge is 0.410 e. The van der Waals surface area contributed by atoms with Crippen molar-refractivity contribution in [3.63, 3.8) is 0 Å². The van der Waals surface area contributed by atoms with Crippen molar-refractivity contribution in [1.82, 2.24) is 4.90 Å². The molecule has 1 amide bonds. The molecule has 0 saturated carbocycles. The van der Waals surface area contributed by atoms with Crippen LogP contribution in [0, 0.1) is 0 Å². The molecule has 0 fully saturated rings. The summed E-state index contributed by atoms with van der Waals surface area (Å²) in [7, 11) is -1.37. The van der Waals surface area contributed by atoms with Crippen LogP contribution in [0.4, 0.5) is 4.79 Å². The number of ether oxygens (including phenoxy) is 1. The highest BCUT2D eigenvalue weighted by Crippen LogP contribution is 2.25. The average molecular weight is 550 g/mol. The van der Waals surface area contributed by atoms with Crippen molar-refractivity contribution >= 4 is 38.7 Å². The third-order valence-electron chi connectivity index (χ3n) is 5.08. The fraction of sp³-hybridized carbons (Fsp3) is 0.481. The van der Waals surface area contributed by atoms with Crippen LogP contribution in [0.3, 0.4) is 0 Å². The molecule has 34 heavy (non-hydrogen) atoms. The third kappa shape index (κ3) is 8.99. The highest BCUT2D eigenvalue weighted by atomic mass is 79.9. The van der Waals surface area contributed by atoms with E-state index in [4.69, 9.17) is 4.74 Å². The Hall–Kier alpha value is -1.99. The lowest BCUT2D eigenvalue weighted by Gasteiger charge is -2.32. The molecule has 0 unspecified atom stereocenters. The molecular formula is C27H37BrN2O3S. The van der Waals surface area contributed by atoms with Gasteiger partial charge >= 0.3 is 6.09 Å². The number of nitrogens with zero attached hydrogens (tertiary/aromatic N) is 2. The Morgan fingerprint density at radius 1 is 1.03 bits per heavy atom. The number of hydrogen-bond donors (Lipinski definition) is 0. The Morgan fingerprint density at radius 2 is 1.62 bits per heavy atom. The number of carbonyl (C=O) groups is 1. The molecule has 0 heterocycles. The second-order valence-electron chi connectivity index (χ2n) is 10.3. The van der Waals surface area contributed by atoms with Crippen molar-refractivity contribution in [2.24, 2.45) is 4.40 Å². The molecule has 2 rings (SSSR count). The van der Waals surface area contributed by atoms with E-state index in [0.717, 1.165) is 21.3 Å². The molecule has 0 aliphatic carbocycles. The second-order valence-corrected chi connectivity index (χ2v) is 13.1. The van der Waals surface area contributed by atoms with Gasteiger partial charge < -0.3 is 9.64 Å². The van der Waals surface area contributed by atoms with Crippen molar-refractivity contribution in [1.29, 1.82) is 0 Å². The van der Waals surface area contributed by atoms with Gasteiger partial charge in [-0.1, -0.05) is 58.4 Å². The minimum absolute atomic E-state index is 0.163. The summed E-state index contributed by atoms with van der Waals surface area (Å²) in [6, 6.07) is 17.6. The van der Waals surface area contributed by atoms with Crippen LogP contribution in [-0.2, 0) is 15.7 Å². The van der Waals surface area contributed by atoms with Crippen LogP contribution in [0.25, 0.3) is 0 Å².